The largest absolute Gasteiger partial charge is 0.466 e. The number of allylic oxidation sites excluding steroid dienone is 2. The van der Waals surface area contributed by atoms with E-state index in [1.807, 2.05) is 19.1 Å². The molecule has 4 rings (SSSR count). The minimum Gasteiger partial charge on any atom is -0.466 e. The number of ether oxygens (including phenoxy) is 2. The molecule has 0 bridgehead atoms. The number of halogens is 1. The number of fused-ring (bicyclic) bond motifs is 1. The molecule has 0 aromatic heterocycles. The van der Waals surface area contributed by atoms with Crippen molar-refractivity contribution < 1.29 is 47.8 Å². The average molecular weight is 735 g/mol. The summed E-state index contributed by atoms with van der Waals surface area (Å²) in [5.41, 5.74) is 7.94. The van der Waals surface area contributed by atoms with Crippen LogP contribution in [0.2, 0.25) is 0 Å². The standard InChI is InChI=1S/C16H28N2O3.C9H8FNO2.C8H12O2.C5H11NO2/c1-3-5-6-7-8-9-11-15(20)18-13-10-12-16(18)21-17-14(19)4-2;10-8-3-1-2-6-4-11(9(12)13)5-7(6)8;1-3-6-5-7(6)8(9)10-4-2;1-5(2,3)8-4(6)7/h3,16H,1,4-13H2,2H3,(H,17,19);1-3H,4-5H2,(H,12,13);3,6-7H,1,4-5H2,2H3;1-3H3,(H2,6,7). The van der Waals surface area contributed by atoms with Gasteiger partial charge in [-0.3, -0.25) is 19.3 Å². The van der Waals surface area contributed by atoms with E-state index in [9.17, 15) is 28.4 Å². The number of hydrogen-bond donors (Lipinski definition) is 3. The Labute approximate surface area is 307 Å². The molecule has 0 radical (unpaired) electrons. The Morgan fingerprint density at radius 3 is 2.29 bits per heavy atom. The SMILES string of the molecule is C=CC1CC1C(=O)OCC.C=CCCCCCCC(=O)N1CCCC1ONC(=O)CC.CC(C)(C)OC(N)=O.O=C(O)N1Cc2cccc(F)c2C1. The van der Waals surface area contributed by atoms with Gasteiger partial charge in [-0.25, -0.2) is 24.3 Å². The molecule has 1 saturated heterocycles. The maximum Gasteiger partial charge on any atom is 0.407 e. The van der Waals surface area contributed by atoms with E-state index in [1.54, 1.807) is 44.7 Å². The lowest BCUT2D eigenvalue weighted by molar-refractivity contribution is -0.159. The van der Waals surface area contributed by atoms with Gasteiger partial charge in [0.25, 0.3) is 0 Å². The Bertz CT molecular complexity index is 1330. The predicted octanol–water partition coefficient (Wildman–Crippen LogP) is 6.99. The molecule has 4 amide bonds. The van der Waals surface area contributed by atoms with Crippen molar-refractivity contribution in [2.45, 2.75) is 124 Å². The van der Waals surface area contributed by atoms with Gasteiger partial charge in [-0.05, 0) is 83.8 Å². The van der Waals surface area contributed by atoms with Crippen LogP contribution in [0.4, 0.5) is 14.0 Å². The van der Waals surface area contributed by atoms with Crippen LogP contribution >= 0.6 is 0 Å². The van der Waals surface area contributed by atoms with Crippen LogP contribution in [0.15, 0.2) is 43.5 Å². The number of esters is 1. The second-order valence-corrected chi connectivity index (χ2v) is 13.5. The highest BCUT2D eigenvalue weighted by molar-refractivity contribution is 5.77. The monoisotopic (exact) mass is 734 g/mol. The fraction of sp³-hybridized carbons (Fsp3) is 0.605. The van der Waals surface area contributed by atoms with Crippen LogP contribution in [0, 0.1) is 17.7 Å². The summed E-state index contributed by atoms with van der Waals surface area (Å²) in [6.07, 6.45) is 10.7. The van der Waals surface area contributed by atoms with Crippen molar-refractivity contribution in [3.8, 4) is 0 Å². The maximum atomic E-state index is 13.1. The number of benzene rings is 1. The lowest BCUT2D eigenvalue weighted by Gasteiger charge is -2.24. The normalized spacial score (nSPS) is 18.1. The molecule has 2 aliphatic heterocycles. The van der Waals surface area contributed by atoms with Crippen LogP contribution in [0.25, 0.3) is 0 Å². The molecular formula is C38H59FN4O9. The minimum atomic E-state index is -1.00. The molecule has 4 N–H and O–H groups in total. The van der Waals surface area contributed by atoms with Gasteiger partial charge >= 0.3 is 18.2 Å². The minimum absolute atomic E-state index is 0.0626. The van der Waals surface area contributed by atoms with Gasteiger partial charge in [0, 0.05) is 31.5 Å². The molecule has 1 aromatic carbocycles. The number of carbonyl (C=O) groups excluding carboxylic acids is 4. The topological polar surface area (TPSA) is 178 Å². The van der Waals surface area contributed by atoms with E-state index < -0.39 is 17.8 Å². The summed E-state index contributed by atoms with van der Waals surface area (Å²) in [5, 5.41) is 8.68. The number of nitrogens with two attached hydrogens (primary N) is 1. The van der Waals surface area contributed by atoms with E-state index in [2.05, 4.69) is 23.4 Å². The summed E-state index contributed by atoms with van der Waals surface area (Å²) in [5.74, 6) is 0.105. The van der Waals surface area contributed by atoms with Gasteiger partial charge in [0.1, 0.15) is 11.4 Å². The van der Waals surface area contributed by atoms with Crippen molar-refractivity contribution >= 4 is 30.0 Å². The van der Waals surface area contributed by atoms with E-state index in [-0.39, 0.29) is 42.3 Å². The van der Waals surface area contributed by atoms with Crippen molar-refractivity contribution in [1.29, 1.82) is 0 Å². The first-order chi connectivity index (χ1) is 24.6. The Hall–Kier alpha value is -4.46. The number of unbranched alkanes of at least 4 members (excludes halogenated alkanes) is 4. The van der Waals surface area contributed by atoms with Crippen LogP contribution < -0.4 is 11.2 Å². The smallest absolute Gasteiger partial charge is 0.407 e. The zero-order valence-corrected chi connectivity index (χ0v) is 31.5. The first-order valence-electron chi connectivity index (χ1n) is 17.9. The number of nitrogens with zero attached hydrogens (tertiary/aromatic N) is 2. The number of carboxylic acid groups (broad SMARTS) is 1. The van der Waals surface area contributed by atoms with E-state index in [1.165, 1.54) is 11.0 Å². The number of amides is 4. The van der Waals surface area contributed by atoms with Gasteiger partial charge in [0.05, 0.1) is 19.1 Å². The number of rotatable bonds is 13. The Morgan fingerprint density at radius 1 is 1.08 bits per heavy atom. The number of nitrogens with one attached hydrogen (secondary N) is 1. The van der Waals surface area contributed by atoms with Gasteiger partial charge in [0.2, 0.25) is 11.8 Å². The molecule has 3 atom stereocenters. The van der Waals surface area contributed by atoms with Crippen LogP contribution in [-0.2, 0) is 41.8 Å². The molecule has 14 heteroatoms. The number of hydroxylamine groups is 1. The molecule has 292 valence electrons. The lowest BCUT2D eigenvalue weighted by atomic mass is 10.1. The second kappa shape index (κ2) is 23.9. The molecule has 3 aliphatic rings. The fourth-order valence-electron chi connectivity index (χ4n) is 5.23. The maximum absolute atomic E-state index is 13.1. The van der Waals surface area contributed by atoms with Crippen LogP contribution in [0.1, 0.15) is 110 Å². The fourth-order valence-corrected chi connectivity index (χ4v) is 5.23. The van der Waals surface area contributed by atoms with Crippen molar-refractivity contribution in [2.24, 2.45) is 17.6 Å². The van der Waals surface area contributed by atoms with Gasteiger partial charge in [-0.2, -0.15) is 0 Å². The van der Waals surface area contributed by atoms with Crippen molar-refractivity contribution in [3.05, 3.63) is 60.5 Å². The molecule has 52 heavy (non-hydrogen) atoms. The molecule has 1 saturated carbocycles. The summed E-state index contributed by atoms with van der Waals surface area (Å²) in [7, 11) is 0. The van der Waals surface area contributed by atoms with Gasteiger partial charge in [-0.15, -0.1) is 13.2 Å². The van der Waals surface area contributed by atoms with Gasteiger partial charge in [-0.1, -0.05) is 44.1 Å². The molecule has 0 spiro atoms. The summed E-state index contributed by atoms with van der Waals surface area (Å²) in [6, 6.07) is 4.70. The average Bonchev–Trinajstić information content (AvgIpc) is 3.48. The van der Waals surface area contributed by atoms with Crippen LogP contribution in [0.3, 0.4) is 0 Å². The molecular weight excluding hydrogens is 675 g/mol. The number of hydrogen-bond acceptors (Lipinski definition) is 8. The first-order valence-corrected chi connectivity index (χ1v) is 17.9. The quantitative estimate of drug-likeness (QED) is 0.0834. The Morgan fingerprint density at radius 2 is 1.77 bits per heavy atom. The third-order valence-electron chi connectivity index (χ3n) is 8.03. The molecule has 1 aliphatic carbocycles. The van der Waals surface area contributed by atoms with Crippen LogP contribution in [0.5, 0.6) is 0 Å². The van der Waals surface area contributed by atoms with E-state index in [0.29, 0.717) is 37.5 Å². The molecule has 2 fully saturated rings. The number of primary amides is 1. The van der Waals surface area contributed by atoms with Crippen LogP contribution in [-0.4, -0.2) is 69.9 Å². The zero-order valence-electron chi connectivity index (χ0n) is 31.5. The molecule has 3 unspecified atom stereocenters. The van der Waals surface area contributed by atoms with Crippen molar-refractivity contribution in [1.82, 2.24) is 15.3 Å². The predicted molar refractivity (Wildman–Crippen MR) is 195 cm³/mol. The number of carbonyl (C=O) groups is 5. The van der Waals surface area contributed by atoms with E-state index >= 15 is 0 Å². The van der Waals surface area contributed by atoms with E-state index in [4.69, 9.17) is 20.4 Å². The summed E-state index contributed by atoms with van der Waals surface area (Å²) < 4.78 is 22.5. The summed E-state index contributed by atoms with van der Waals surface area (Å²) in [4.78, 5) is 63.2. The number of likely N-dealkylation sites (tertiary alicyclic amines) is 1. The van der Waals surface area contributed by atoms with E-state index in [0.717, 1.165) is 63.5 Å². The van der Waals surface area contributed by atoms with Gasteiger partial charge in [0.15, 0.2) is 6.23 Å². The molecule has 2 heterocycles. The summed E-state index contributed by atoms with van der Waals surface area (Å²) in [6.45, 7) is 17.8. The van der Waals surface area contributed by atoms with Crippen molar-refractivity contribution in [2.75, 3.05) is 13.2 Å². The van der Waals surface area contributed by atoms with Gasteiger partial charge < -0.3 is 25.2 Å². The highest BCUT2D eigenvalue weighted by Crippen LogP contribution is 2.40. The lowest BCUT2D eigenvalue weighted by Crippen LogP contribution is -2.41. The highest BCUT2D eigenvalue weighted by Gasteiger charge is 2.41. The second-order valence-electron chi connectivity index (χ2n) is 13.5. The molecule has 1 aromatic rings. The summed E-state index contributed by atoms with van der Waals surface area (Å²) >= 11 is 0. The molecule has 13 nitrogen and oxygen atoms in total. The highest BCUT2D eigenvalue weighted by atomic mass is 19.1. The third-order valence-corrected chi connectivity index (χ3v) is 8.03. The van der Waals surface area contributed by atoms with Crippen molar-refractivity contribution in [3.63, 3.8) is 0 Å². The third kappa shape index (κ3) is 18.2. The zero-order chi connectivity index (χ0) is 39.3. The Balaban J connectivity index is 0.000000373. The first kappa shape index (κ1) is 45.6. The Kier molecular flexibility index (Phi) is 20.9.